The molecule has 2 fully saturated rings. The molecule has 15 heteroatoms. The van der Waals surface area contributed by atoms with E-state index in [1.807, 2.05) is 0 Å². The molecule has 2 rings (SSSR count). The number of aliphatic hydroxyl groups is 7. The molecular formula is C58H106O15. The lowest BCUT2D eigenvalue weighted by Crippen LogP contribution is -2.61. The van der Waals surface area contributed by atoms with Gasteiger partial charge in [-0.3, -0.25) is 9.59 Å². The SMILES string of the molecule is CCCCCCCC=C=CCCCCCCCC(=O)O[C@@H](COC(=O)CCCCCCCCCCCCCCCCCCCCCCCC)CO[C@@H]1O[C@H](CO[C@@H]2O[C@H](CO)[C@H](O)C(O)C2O)[C@H](O)C(O)C1O. The Hall–Kier alpha value is -1.98. The second kappa shape index (κ2) is 45.1. The fourth-order valence-corrected chi connectivity index (χ4v) is 9.43. The first-order chi connectivity index (χ1) is 35.5. The first kappa shape index (κ1) is 67.1. The van der Waals surface area contributed by atoms with E-state index >= 15 is 0 Å². The molecule has 73 heavy (non-hydrogen) atoms. The summed E-state index contributed by atoms with van der Waals surface area (Å²) < 4.78 is 33.7. The first-order valence-electron chi connectivity index (χ1n) is 29.5. The van der Waals surface area contributed by atoms with Gasteiger partial charge in [0.15, 0.2) is 18.7 Å². The summed E-state index contributed by atoms with van der Waals surface area (Å²) in [6, 6.07) is 0. The molecule has 7 N–H and O–H groups in total. The number of carbonyl (C=O) groups is 2. The summed E-state index contributed by atoms with van der Waals surface area (Å²) in [5, 5.41) is 72.2. The summed E-state index contributed by atoms with van der Waals surface area (Å²) in [6.45, 7) is 2.60. The van der Waals surface area contributed by atoms with Crippen molar-refractivity contribution in [2.75, 3.05) is 26.4 Å². The molecular weight excluding hydrogens is 937 g/mol. The summed E-state index contributed by atoms with van der Waals surface area (Å²) >= 11 is 0. The van der Waals surface area contributed by atoms with Gasteiger partial charge in [-0.2, -0.15) is 0 Å². The van der Waals surface area contributed by atoms with Crippen molar-refractivity contribution < 1.29 is 73.8 Å². The molecule has 0 aromatic rings. The van der Waals surface area contributed by atoms with E-state index in [1.54, 1.807) is 0 Å². The third kappa shape index (κ3) is 32.4. The average molecular weight is 1040 g/mol. The third-order valence-corrected chi connectivity index (χ3v) is 14.3. The Kier molecular flexibility index (Phi) is 41.5. The maximum Gasteiger partial charge on any atom is 0.306 e. The fourth-order valence-electron chi connectivity index (χ4n) is 9.43. The summed E-state index contributed by atoms with van der Waals surface area (Å²) in [5.41, 5.74) is 3.29. The highest BCUT2D eigenvalue weighted by molar-refractivity contribution is 5.70. The molecule has 2 aliphatic heterocycles. The van der Waals surface area contributed by atoms with Crippen LogP contribution in [0, 0.1) is 0 Å². The van der Waals surface area contributed by atoms with E-state index in [4.69, 9.17) is 28.4 Å². The van der Waals surface area contributed by atoms with Gasteiger partial charge in [0.2, 0.25) is 0 Å². The number of unbranched alkanes of at least 4 members (excludes halogenated alkanes) is 31. The van der Waals surface area contributed by atoms with Crippen LogP contribution < -0.4 is 0 Å². The molecule has 15 nitrogen and oxygen atoms in total. The standard InChI is InChI=1S/C58H106O15/c1-3-5-7-9-11-13-15-17-19-20-21-22-23-24-25-27-28-30-32-34-36-38-40-49(60)68-43-46(71-50(61)41-39-37-35-33-31-29-26-18-16-14-12-10-8-6-4-2)44-69-57-56(67)54(65)52(63)48(73-57)45-70-58-55(66)53(64)51(62)47(42-59)72-58/h16,26,46-48,51-59,62-67H,3-15,17,19-25,27-45H2,1-2H3/t18?,46-,47+,48+,51-,52-,53?,54?,55?,56?,57+,58+/m0/s1. The first-order valence-corrected chi connectivity index (χ1v) is 29.5. The summed E-state index contributed by atoms with van der Waals surface area (Å²) in [5.74, 6) is -0.932. The van der Waals surface area contributed by atoms with Gasteiger partial charge >= 0.3 is 11.9 Å². The lowest BCUT2D eigenvalue weighted by Gasteiger charge is -2.42. The quantitative estimate of drug-likeness (QED) is 0.0171. The molecule has 0 aliphatic carbocycles. The molecule has 2 aliphatic rings. The molecule has 11 atom stereocenters. The number of hydrogen-bond donors (Lipinski definition) is 7. The van der Waals surface area contributed by atoms with Crippen LogP contribution in [0.2, 0.25) is 0 Å². The Balaban J connectivity index is 1.73. The van der Waals surface area contributed by atoms with Crippen molar-refractivity contribution in [2.24, 2.45) is 0 Å². The maximum absolute atomic E-state index is 13.0. The van der Waals surface area contributed by atoms with Gasteiger partial charge in [-0.25, -0.2) is 0 Å². The Labute approximate surface area is 441 Å². The predicted molar refractivity (Wildman–Crippen MR) is 283 cm³/mol. The van der Waals surface area contributed by atoms with Gasteiger partial charge in [0.05, 0.1) is 19.8 Å². The van der Waals surface area contributed by atoms with Gasteiger partial charge in [0.1, 0.15) is 55.4 Å². The van der Waals surface area contributed by atoms with Crippen molar-refractivity contribution >= 4 is 11.9 Å². The Bertz CT molecular complexity index is 1380. The minimum Gasteiger partial charge on any atom is -0.462 e. The molecule has 0 aromatic carbocycles. The second-order valence-electron chi connectivity index (χ2n) is 20.9. The van der Waals surface area contributed by atoms with Gasteiger partial charge in [-0.1, -0.05) is 194 Å². The predicted octanol–water partition coefficient (Wildman–Crippen LogP) is 9.88. The van der Waals surface area contributed by atoms with Crippen LogP contribution >= 0.6 is 0 Å². The number of hydrogen-bond acceptors (Lipinski definition) is 15. The van der Waals surface area contributed by atoms with Crippen LogP contribution in [0.5, 0.6) is 0 Å². The highest BCUT2D eigenvalue weighted by Crippen LogP contribution is 2.27. The van der Waals surface area contributed by atoms with Gasteiger partial charge < -0.3 is 64.2 Å². The molecule has 2 saturated heterocycles. The van der Waals surface area contributed by atoms with E-state index in [1.165, 1.54) is 148 Å². The maximum atomic E-state index is 13.0. The Morgan fingerprint density at radius 3 is 1.26 bits per heavy atom. The summed E-state index contributed by atoms with van der Waals surface area (Å²) in [4.78, 5) is 25.9. The molecule has 0 radical (unpaired) electrons. The molecule has 0 spiro atoms. The number of esters is 2. The lowest BCUT2D eigenvalue weighted by atomic mass is 9.98. The highest BCUT2D eigenvalue weighted by atomic mass is 16.7. The minimum atomic E-state index is -1.77. The zero-order valence-corrected chi connectivity index (χ0v) is 45.7. The number of aliphatic hydroxyl groups excluding tert-OH is 7. The highest BCUT2D eigenvalue weighted by Gasteiger charge is 2.47. The number of rotatable bonds is 47. The lowest BCUT2D eigenvalue weighted by molar-refractivity contribution is -0.332. The van der Waals surface area contributed by atoms with Crippen molar-refractivity contribution in [3.63, 3.8) is 0 Å². The van der Waals surface area contributed by atoms with Crippen molar-refractivity contribution in [3.05, 3.63) is 17.9 Å². The van der Waals surface area contributed by atoms with E-state index in [0.717, 1.165) is 57.8 Å². The van der Waals surface area contributed by atoms with E-state index < -0.39 is 92.7 Å². The van der Waals surface area contributed by atoms with Crippen LogP contribution in [-0.4, -0.2) is 142 Å². The van der Waals surface area contributed by atoms with Crippen molar-refractivity contribution in [1.82, 2.24) is 0 Å². The second-order valence-corrected chi connectivity index (χ2v) is 20.9. The van der Waals surface area contributed by atoms with Crippen molar-refractivity contribution in [1.29, 1.82) is 0 Å². The molecule has 0 saturated carbocycles. The number of ether oxygens (including phenoxy) is 6. The van der Waals surface area contributed by atoms with Gasteiger partial charge in [-0.05, 0) is 50.7 Å². The molecule has 428 valence electrons. The van der Waals surface area contributed by atoms with E-state index in [-0.39, 0.29) is 26.1 Å². The zero-order chi connectivity index (χ0) is 53.2. The van der Waals surface area contributed by atoms with Crippen LogP contribution in [0.25, 0.3) is 0 Å². The van der Waals surface area contributed by atoms with Crippen LogP contribution in [0.1, 0.15) is 245 Å². The smallest absolute Gasteiger partial charge is 0.306 e. The van der Waals surface area contributed by atoms with Gasteiger partial charge in [-0.15, -0.1) is 5.73 Å². The molecule has 0 bridgehead atoms. The van der Waals surface area contributed by atoms with E-state index in [2.05, 4.69) is 31.7 Å². The largest absolute Gasteiger partial charge is 0.462 e. The summed E-state index contributed by atoms with van der Waals surface area (Å²) in [7, 11) is 0. The Morgan fingerprint density at radius 2 is 0.822 bits per heavy atom. The average Bonchev–Trinajstić information content (AvgIpc) is 3.38. The van der Waals surface area contributed by atoms with Gasteiger partial charge in [0.25, 0.3) is 0 Å². The monoisotopic (exact) mass is 1040 g/mol. The topological polar surface area (TPSA) is 231 Å². The Morgan fingerprint density at radius 1 is 0.452 bits per heavy atom. The number of carbonyl (C=O) groups excluding carboxylic acids is 2. The van der Waals surface area contributed by atoms with Crippen molar-refractivity contribution in [3.8, 4) is 0 Å². The number of allylic oxidation sites excluding steroid dienone is 1. The third-order valence-electron chi connectivity index (χ3n) is 14.3. The van der Waals surface area contributed by atoms with E-state index in [9.17, 15) is 45.3 Å². The molecule has 2 heterocycles. The normalized spacial score (nSPS) is 24.5. The van der Waals surface area contributed by atoms with Gasteiger partial charge in [0, 0.05) is 12.8 Å². The minimum absolute atomic E-state index is 0.148. The summed E-state index contributed by atoms with van der Waals surface area (Å²) in [6.07, 6.45) is 28.8. The van der Waals surface area contributed by atoms with Crippen LogP contribution in [0.3, 0.4) is 0 Å². The molecule has 0 aromatic heterocycles. The van der Waals surface area contributed by atoms with Crippen LogP contribution in [-0.2, 0) is 38.0 Å². The van der Waals surface area contributed by atoms with E-state index in [0.29, 0.717) is 12.8 Å². The fraction of sp³-hybridized carbons (Fsp3) is 0.914. The zero-order valence-electron chi connectivity index (χ0n) is 45.7. The van der Waals surface area contributed by atoms with Crippen molar-refractivity contribution in [2.45, 2.75) is 313 Å². The van der Waals surface area contributed by atoms with Crippen LogP contribution in [0.4, 0.5) is 0 Å². The van der Waals surface area contributed by atoms with Crippen LogP contribution in [0.15, 0.2) is 17.9 Å². The molecule has 0 amide bonds. The molecule has 4 unspecified atom stereocenters.